The molecule has 0 unspecified atom stereocenters. The first-order chi connectivity index (χ1) is 8.40. The number of carboxylic acid groups (broad SMARTS) is 1. The first-order valence-corrected chi connectivity index (χ1v) is 6.15. The van der Waals surface area contributed by atoms with E-state index in [1.165, 1.54) is 19.1 Å². The SMILES string of the molecule is C[C@H](NC(=O)CCc1cc(F)ccc1Br)C(=O)O. The van der Waals surface area contributed by atoms with Gasteiger partial charge in [0.05, 0.1) is 0 Å². The summed E-state index contributed by atoms with van der Waals surface area (Å²) in [5.41, 5.74) is 0.674. The number of halogens is 2. The van der Waals surface area contributed by atoms with Gasteiger partial charge in [0.2, 0.25) is 5.91 Å². The van der Waals surface area contributed by atoms with Gasteiger partial charge in [0.15, 0.2) is 0 Å². The Hall–Kier alpha value is -1.43. The Labute approximate surface area is 112 Å². The predicted molar refractivity (Wildman–Crippen MR) is 67.7 cm³/mol. The van der Waals surface area contributed by atoms with Crippen LogP contribution in [0.5, 0.6) is 0 Å². The van der Waals surface area contributed by atoms with Crippen molar-refractivity contribution in [2.45, 2.75) is 25.8 Å². The zero-order chi connectivity index (χ0) is 13.7. The summed E-state index contributed by atoms with van der Waals surface area (Å²) >= 11 is 3.26. The van der Waals surface area contributed by atoms with E-state index in [4.69, 9.17) is 5.11 Å². The van der Waals surface area contributed by atoms with Crippen molar-refractivity contribution in [2.24, 2.45) is 0 Å². The molecule has 1 atom stereocenters. The van der Waals surface area contributed by atoms with Crippen LogP contribution in [0.15, 0.2) is 22.7 Å². The third-order valence-corrected chi connectivity index (χ3v) is 3.15. The van der Waals surface area contributed by atoms with Gasteiger partial charge in [0.25, 0.3) is 0 Å². The van der Waals surface area contributed by atoms with Crippen molar-refractivity contribution in [2.75, 3.05) is 0 Å². The highest BCUT2D eigenvalue weighted by molar-refractivity contribution is 9.10. The number of nitrogens with one attached hydrogen (secondary N) is 1. The van der Waals surface area contributed by atoms with Crippen molar-refractivity contribution >= 4 is 27.8 Å². The van der Waals surface area contributed by atoms with Crippen molar-refractivity contribution in [1.82, 2.24) is 5.32 Å². The largest absolute Gasteiger partial charge is 0.480 e. The van der Waals surface area contributed by atoms with E-state index < -0.39 is 12.0 Å². The summed E-state index contributed by atoms with van der Waals surface area (Å²) in [6.07, 6.45) is 0.455. The average molecular weight is 318 g/mol. The number of hydrogen-bond donors (Lipinski definition) is 2. The molecule has 4 nitrogen and oxygen atoms in total. The second kappa shape index (κ2) is 6.49. The molecule has 1 aromatic rings. The van der Waals surface area contributed by atoms with Crippen LogP contribution in [0.1, 0.15) is 18.9 Å². The number of aliphatic carboxylic acids is 1. The molecule has 1 rings (SSSR count). The second-order valence-corrected chi connectivity index (χ2v) is 4.72. The van der Waals surface area contributed by atoms with Gasteiger partial charge in [0, 0.05) is 10.9 Å². The number of carbonyl (C=O) groups excluding carboxylic acids is 1. The van der Waals surface area contributed by atoms with Crippen molar-refractivity contribution in [3.05, 3.63) is 34.1 Å². The molecule has 18 heavy (non-hydrogen) atoms. The number of benzene rings is 1. The van der Waals surface area contributed by atoms with Gasteiger partial charge in [-0.2, -0.15) is 0 Å². The van der Waals surface area contributed by atoms with Gasteiger partial charge in [0.1, 0.15) is 11.9 Å². The van der Waals surface area contributed by atoms with E-state index in [2.05, 4.69) is 21.2 Å². The first kappa shape index (κ1) is 14.6. The van der Waals surface area contributed by atoms with Crippen molar-refractivity contribution in [3.63, 3.8) is 0 Å². The fraction of sp³-hybridized carbons (Fsp3) is 0.333. The van der Waals surface area contributed by atoms with Gasteiger partial charge in [-0.3, -0.25) is 9.59 Å². The molecule has 0 saturated carbocycles. The van der Waals surface area contributed by atoms with Crippen LogP contribution in [-0.4, -0.2) is 23.0 Å². The molecule has 0 saturated heterocycles. The molecule has 0 bridgehead atoms. The van der Waals surface area contributed by atoms with Crippen LogP contribution in [0.25, 0.3) is 0 Å². The zero-order valence-corrected chi connectivity index (χ0v) is 11.3. The molecule has 0 aliphatic rings. The molecule has 6 heteroatoms. The van der Waals surface area contributed by atoms with Crippen LogP contribution >= 0.6 is 15.9 Å². The minimum atomic E-state index is -1.09. The molecular weight excluding hydrogens is 305 g/mol. The summed E-state index contributed by atoms with van der Waals surface area (Å²) in [6, 6.07) is 3.31. The van der Waals surface area contributed by atoms with Crippen LogP contribution in [0, 0.1) is 5.82 Å². The maximum Gasteiger partial charge on any atom is 0.325 e. The molecule has 1 aromatic carbocycles. The quantitative estimate of drug-likeness (QED) is 0.874. The van der Waals surface area contributed by atoms with E-state index in [9.17, 15) is 14.0 Å². The molecular formula is C12H13BrFNO3. The lowest BCUT2D eigenvalue weighted by Gasteiger charge is -2.09. The van der Waals surface area contributed by atoms with E-state index in [0.29, 0.717) is 12.0 Å². The zero-order valence-electron chi connectivity index (χ0n) is 9.74. The van der Waals surface area contributed by atoms with Gasteiger partial charge >= 0.3 is 5.97 Å². The average Bonchev–Trinajstić information content (AvgIpc) is 2.30. The first-order valence-electron chi connectivity index (χ1n) is 5.36. The fourth-order valence-electron chi connectivity index (χ4n) is 1.36. The van der Waals surface area contributed by atoms with Crippen LogP contribution < -0.4 is 5.32 Å². The molecule has 98 valence electrons. The highest BCUT2D eigenvalue weighted by Gasteiger charge is 2.14. The topological polar surface area (TPSA) is 66.4 Å². The third kappa shape index (κ3) is 4.44. The van der Waals surface area contributed by atoms with Crippen LogP contribution in [0.3, 0.4) is 0 Å². The van der Waals surface area contributed by atoms with E-state index >= 15 is 0 Å². The van der Waals surface area contributed by atoms with Gasteiger partial charge in [-0.05, 0) is 37.1 Å². The lowest BCUT2D eigenvalue weighted by Crippen LogP contribution is -2.38. The van der Waals surface area contributed by atoms with Gasteiger partial charge in [-0.1, -0.05) is 15.9 Å². The normalized spacial score (nSPS) is 11.9. The third-order valence-electron chi connectivity index (χ3n) is 2.38. The number of amides is 1. The summed E-state index contributed by atoms with van der Waals surface area (Å²) < 4.78 is 13.7. The Morgan fingerprint density at radius 2 is 2.17 bits per heavy atom. The summed E-state index contributed by atoms with van der Waals surface area (Å²) in [6.45, 7) is 1.39. The Balaban J connectivity index is 2.52. The Morgan fingerprint density at radius 3 is 2.78 bits per heavy atom. The molecule has 0 radical (unpaired) electrons. The smallest absolute Gasteiger partial charge is 0.325 e. The molecule has 0 fully saturated rings. The number of aryl methyl sites for hydroxylation is 1. The second-order valence-electron chi connectivity index (χ2n) is 3.86. The van der Waals surface area contributed by atoms with Crippen molar-refractivity contribution in [3.8, 4) is 0 Å². The maximum atomic E-state index is 13.0. The van der Waals surface area contributed by atoms with Crippen molar-refractivity contribution in [1.29, 1.82) is 0 Å². The van der Waals surface area contributed by atoms with E-state index in [-0.39, 0.29) is 18.1 Å². The summed E-state index contributed by atoms with van der Waals surface area (Å²) in [7, 11) is 0. The van der Waals surface area contributed by atoms with Gasteiger partial charge in [-0.25, -0.2) is 4.39 Å². The number of carbonyl (C=O) groups is 2. The maximum absolute atomic E-state index is 13.0. The van der Waals surface area contributed by atoms with Gasteiger partial charge in [-0.15, -0.1) is 0 Å². The lowest BCUT2D eigenvalue weighted by molar-refractivity contribution is -0.141. The number of hydrogen-bond acceptors (Lipinski definition) is 2. The van der Waals surface area contributed by atoms with Crippen LogP contribution in [0.4, 0.5) is 4.39 Å². The van der Waals surface area contributed by atoms with Gasteiger partial charge < -0.3 is 10.4 Å². The van der Waals surface area contributed by atoms with Crippen LogP contribution in [-0.2, 0) is 16.0 Å². The highest BCUT2D eigenvalue weighted by Crippen LogP contribution is 2.19. The Morgan fingerprint density at radius 1 is 1.50 bits per heavy atom. The van der Waals surface area contributed by atoms with E-state index in [1.54, 1.807) is 6.07 Å². The number of carboxylic acids is 1. The Kier molecular flexibility index (Phi) is 5.27. The molecule has 0 spiro atoms. The monoisotopic (exact) mass is 317 g/mol. The summed E-state index contributed by atoms with van der Waals surface area (Å²) in [5.74, 6) is -1.83. The number of rotatable bonds is 5. The molecule has 0 aliphatic carbocycles. The van der Waals surface area contributed by atoms with E-state index in [1.807, 2.05) is 0 Å². The molecule has 2 N–H and O–H groups in total. The fourth-order valence-corrected chi connectivity index (χ4v) is 1.80. The highest BCUT2D eigenvalue weighted by atomic mass is 79.9. The Bertz CT molecular complexity index is 465. The summed E-state index contributed by atoms with van der Waals surface area (Å²) in [5, 5.41) is 11.0. The minimum absolute atomic E-state index is 0.111. The molecule has 0 aliphatic heterocycles. The molecule has 0 aromatic heterocycles. The molecule has 0 heterocycles. The predicted octanol–water partition coefficient (Wildman–Crippen LogP) is 2.11. The standard InChI is InChI=1S/C12H13BrFNO3/c1-7(12(17)18)15-11(16)5-2-8-6-9(14)3-4-10(8)13/h3-4,6-7H,2,5H2,1H3,(H,15,16)(H,17,18)/t7-/m0/s1. The minimum Gasteiger partial charge on any atom is -0.480 e. The van der Waals surface area contributed by atoms with Crippen molar-refractivity contribution < 1.29 is 19.1 Å². The van der Waals surface area contributed by atoms with Crippen LogP contribution in [0.2, 0.25) is 0 Å². The van der Waals surface area contributed by atoms with E-state index in [0.717, 1.165) is 4.47 Å². The molecule has 1 amide bonds. The summed E-state index contributed by atoms with van der Waals surface area (Å²) in [4.78, 5) is 22.0. The lowest BCUT2D eigenvalue weighted by atomic mass is 10.1.